The summed E-state index contributed by atoms with van der Waals surface area (Å²) in [5.41, 5.74) is 5.60. The molecule has 1 aliphatic carbocycles. The Hall–Kier alpha value is -0.730. The van der Waals surface area contributed by atoms with Crippen LogP contribution in [0, 0.1) is 5.92 Å². The van der Waals surface area contributed by atoms with E-state index in [0.29, 0.717) is 19.0 Å². The fourth-order valence-electron chi connectivity index (χ4n) is 2.52. The van der Waals surface area contributed by atoms with Gasteiger partial charge in [-0.25, -0.2) is 4.79 Å². The Morgan fingerprint density at radius 3 is 2.26 bits per heavy atom. The van der Waals surface area contributed by atoms with E-state index in [-0.39, 0.29) is 30.1 Å². The summed E-state index contributed by atoms with van der Waals surface area (Å²) in [4.78, 5) is 20.2. The quantitative estimate of drug-likeness (QED) is 0.317. The first-order chi connectivity index (χ1) is 10.3. The third kappa shape index (κ3) is 7.58. The second-order valence-corrected chi connectivity index (χ2v) is 7.28. The van der Waals surface area contributed by atoms with Gasteiger partial charge in [0.25, 0.3) is 0 Å². The van der Waals surface area contributed by atoms with Crippen molar-refractivity contribution in [3.63, 3.8) is 0 Å². The highest BCUT2D eigenvalue weighted by Crippen LogP contribution is 2.33. The van der Waals surface area contributed by atoms with Crippen LogP contribution in [0.2, 0.25) is 0 Å². The molecule has 0 unspecified atom stereocenters. The number of rotatable bonds is 4. The predicted octanol–water partition coefficient (Wildman–Crippen LogP) is 2.66. The highest BCUT2D eigenvalue weighted by molar-refractivity contribution is 14.0. The molecule has 1 aliphatic heterocycles. The van der Waals surface area contributed by atoms with Crippen molar-refractivity contribution >= 4 is 36.0 Å². The number of carbonyl (C=O) groups is 1. The number of amides is 1. The largest absolute Gasteiger partial charge is 0.444 e. The molecule has 0 atom stereocenters. The Labute approximate surface area is 156 Å². The van der Waals surface area contributed by atoms with Crippen molar-refractivity contribution in [1.29, 1.82) is 0 Å². The zero-order chi connectivity index (χ0) is 16.2. The van der Waals surface area contributed by atoms with Gasteiger partial charge in [-0.2, -0.15) is 0 Å². The molecule has 1 saturated heterocycles. The predicted molar refractivity (Wildman–Crippen MR) is 103 cm³/mol. The Morgan fingerprint density at radius 1 is 1.17 bits per heavy atom. The summed E-state index contributed by atoms with van der Waals surface area (Å²) < 4.78 is 5.39. The van der Waals surface area contributed by atoms with Gasteiger partial charge in [0.1, 0.15) is 5.60 Å². The average molecular weight is 438 g/mol. The number of piperazine rings is 1. The summed E-state index contributed by atoms with van der Waals surface area (Å²) in [5, 5.41) is 0. The van der Waals surface area contributed by atoms with E-state index in [1.807, 2.05) is 20.8 Å². The molecule has 0 aromatic carbocycles. The first-order valence-corrected chi connectivity index (χ1v) is 8.38. The molecule has 0 radical (unpaired) electrons. The van der Waals surface area contributed by atoms with Gasteiger partial charge < -0.3 is 20.3 Å². The van der Waals surface area contributed by atoms with Gasteiger partial charge >= 0.3 is 6.09 Å². The number of guanidine groups is 1. The van der Waals surface area contributed by atoms with Crippen LogP contribution in [-0.4, -0.2) is 60.2 Å². The maximum Gasteiger partial charge on any atom is 0.410 e. The van der Waals surface area contributed by atoms with E-state index in [0.717, 1.165) is 32.0 Å². The number of hydrogen-bond donors (Lipinski definition) is 1. The third-order valence-corrected chi connectivity index (χ3v) is 4.00. The molecule has 1 heterocycles. The fraction of sp³-hybridized carbons (Fsp3) is 0.875. The van der Waals surface area contributed by atoms with Crippen molar-refractivity contribution in [3.05, 3.63) is 0 Å². The highest BCUT2D eigenvalue weighted by atomic mass is 127. The summed E-state index contributed by atoms with van der Waals surface area (Å²) >= 11 is 0. The monoisotopic (exact) mass is 438 g/mol. The van der Waals surface area contributed by atoms with E-state index in [1.165, 1.54) is 19.3 Å². The minimum atomic E-state index is -0.448. The molecule has 0 spiro atoms. The minimum Gasteiger partial charge on any atom is -0.444 e. The van der Waals surface area contributed by atoms with Crippen molar-refractivity contribution in [2.45, 2.75) is 52.1 Å². The molecule has 0 bridgehead atoms. The average Bonchev–Trinajstić information content (AvgIpc) is 3.26. The summed E-state index contributed by atoms with van der Waals surface area (Å²) in [6.45, 7) is 9.16. The molecule has 23 heavy (non-hydrogen) atoms. The van der Waals surface area contributed by atoms with Crippen molar-refractivity contribution in [3.8, 4) is 0 Å². The number of aliphatic imine (C=N–C) groups is 1. The molecule has 1 saturated carbocycles. The van der Waals surface area contributed by atoms with Gasteiger partial charge in [0.15, 0.2) is 5.96 Å². The SMILES string of the molecule is CC(C)(C)OC(=O)N1CCN(C(N)=NCCCC2CC2)CC1.I. The molecule has 134 valence electrons. The van der Waals surface area contributed by atoms with E-state index in [1.54, 1.807) is 4.90 Å². The van der Waals surface area contributed by atoms with E-state index in [2.05, 4.69) is 9.89 Å². The molecule has 2 rings (SSSR count). The van der Waals surface area contributed by atoms with Crippen LogP contribution in [0.4, 0.5) is 4.79 Å². The molecule has 2 N–H and O–H groups in total. The molecule has 2 aliphatic rings. The molecule has 2 fully saturated rings. The lowest BCUT2D eigenvalue weighted by molar-refractivity contribution is 0.0186. The zero-order valence-corrected chi connectivity index (χ0v) is 16.9. The molecule has 7 heteroatoms. The molecule has 0 aromatic heterocycles. The Morgan fingerprint density at radius 2 is 1.74 bits per heavy atom. The van der Waals surface area contributed by atoms with Gasteiger partial charge in [-0.05, 0) is 39.5 Å². The lowest BCUT2D eigenvalue weighted by Crippen LogP contribution is -2.53. The van der Waals surface area contributed by atoms with E-state index in [4.69, 9.17) is 10.5 Å². The first kappa shape index (κ1) is 20.3. The zero-order valence-electron chi connectivity index (χ0n) is 14.6. The van der Waals surface area contributed by atoms with Crippen LogP contribution in [0.25, 0.3) is 0 Å². The van der Waals surface area contributed by atoms with Crippen LogP contribution >= 0.6 is 24.0 Å². The van der Waals surface area contributed by atoms with Crippen molar-refractivity contribution in [1.82, 2.24) is 9.80 Å². The number of carbonyl (C=O) groups excluding carboxylic acids is 1. The molecular weight excluding hydrogens is 407 g/mol. The normalized spacial score (nSPS) is 19.3. The van der Waals surface area contributed by atoms with Crippen LogP contribution in [-0.2, 0) is 4.74 Å². The molecule has 0 aromatic rings. The minimum absolute atomic E-state index is 0. The summed E-state index contributed by atoms with van der Waals surface area (Å²) in [6.07, 6.45) is 4.96. The summed E-state index contributed by atoms with van der Waals surface area (Å²) in [6, 6.07) is 0. The van der Waals surface area contributed by atoms with E-state index >= 15 is 0 Å². The summed E-state index contributed by atoms with van der Waals surface area (Å²) in [5.74, 6) is 1.56. The van der Waals surface area contributed by atoms with Crippen LogP contribution in [0.15, 0.2) is 4.99 Å². The van der Waals surface area contributed by atoms with Crippen molar-refractivity contribution in [2.24, 2.45) is 16.6 Å². The van der Waals surface area contributed by atoms with Gasteiger partial charge in [0.05, 0.1) is 0 Å². The number of nitrogens with two attached hydrogens (primary N) is 1. The number of nitrogens with zero attached hydrogens (tertiary/aromatic N) is 3. The Bertz CT molecular complexity index is 411. The highest BCUT2D eigenvalue weighted by Gasteiger charge is 2.26. The van der Waals surface area contributed by atoms with Crippen molar-refractivity contribution in [2.75, 3.05) is 32.7 Å². The van der Waals surface area contributed by atoms with Crippen LogP contribution in [0.5, 0.6) is 0 Å². The van der Waals surface area contributed by atoms with Crippen LogP contribution in [0.3, 0.4) is 0 Å². The van der Waals surface area contributed by atoms with Gasteiger partial charge in [-0.15, -0.1) is 24.0 Å². The topological polar surface area (TPSA) is 71.2 Å². The number of halogens is 1. The van der Waals surface area contributed by atoms with Gasteiger partial charge in [0, 0.05) is 32.7 Å². The lowest BCUT2D eigenvalue weighted by Gasteiger charge is -2.36. The standard InChI is InChI=1S/C16H30N4O2.HI/c1-16(2,3)22-15(21)20-11-9-19(10-12-20)14(17)18-8-4-5-13-6-7-13;/h13H,4-12H2,1-3H3,(H2,17,18);1H. The van der Waals surface area contributed by atoms with E-state index < -0.39 is 5.60 Å². The molecular formula is C16H31IN4O2. The molecule has 1 amide bonds. The first-order valence-electron chi connectivity index (χ1n) is 8.38. The second kappa shape index (κ2) is 8.94. The lowest BCUT2D eigenvalue weighted by atomic mass is 10.2. The van der Waals surface area contributed by atoms with Crippen LogP contribution in [0.1, 0.15) is 46.5 Å². The molecule has 6 nitrogen and oxygen atoms in total. The van der Waals surface area contributed by atoms with Crippen LogP contribution < -0.4 is 5.73 Å². The number of ether oxygens (including phenoxy) is 1. The van der Waals surface area contributed by atoms with Gasteiger partial charge in [-0.3, -0.25) is 4.99 Å². The van der Waals surface area contributed by atoms with Gasteiger partial charge in [0.2, 0.25) is 0 Å². The maximum atomic E-state index is 12.0. The van der Waals surface area contributed by atoms with Crippen molar-refractivity contribution < 1.29 is 9.53 Å². The summed E-state index contributed by atoms with van der Waals surface area (Å²) in [7, 11) is 0. The van der Waals surface area contributed by atoms with Gasteiger partial charge in [-0.1, -0.05) is 12.8 Å². The maximum absolute atomic E-state index is 12.0. The number of hydrogen-bond acceptors (Lipinski definition) is 3. The Kier molecular flexibility index (Phi) is 7.89. The fourth-order valence-corrected chi connectivity index (χ4v) is 2.52. The Balaban J connectivity index is 0.00000264. The smallest absolute Gasteiger partial charge is 0.410 e. The second-order valence-electron chi connectivity index (χ2n) is 7.28. The van der Waals surface area contributed by atoms with E-state index in [9.17, 15) is 4.79 Å². The third-order valence-electron chi connectivity index (χ3n) is 4.00.